The van der Waals surface area contributed by atoms with Crippen LogP contribution in [0.4, 0.5) is 9.52 Å². The molecule has 0 unspecified atom stereocenters. The van der Waals surface area contributed by atoms with Gasteiger partial charge in [-0.05, 0) is 34.9 Å². The zero-order chi connectivity index (χ0) is 25.8. The molecule has 2 aromatic rings. The number of hydrogen-bond donors (Lipinski definition) is 3. The van der Waals surface area contributed by atoms with Gasteiger partial charge in [0.05, 0.1) is 0 Å². The lowest BCUT2D eigenvalue weighted by atomic mass is 10.0. The van der Waals surface area contributed by atoms with Gasteiger partial charge in [-0.2, -0.15) is 13.9 Å². The van der Waals surface area contributed by atoms with Crippen molar-refractivity contribution in [3.05, 3.63) is 53.0 Å². The topological polar surface area (TPSA) is 164 Å². The lowest BCUT2D eigenvalue weighted by molar-refractivity contribution is -0.708. The number of oxime groups is 1. The molecule has 16 heteroatoms. The van der Waals surface area contributed by atoms with Crippen molar-refractivity contribution >= 4 is 63.7 Å². The number of carboxylic acids is 1. The maximum atomic E-state index is 12.9. The minimum Gasteiger partial charge on any atom is -0.477 e. The summed E-state index contributed by atoms with van der Waals surface area (Å²) in [5.41, 5.74) is 5.39. The van der Waals surface area contributed by atoms with Crippen LogP contribution in [-0.4, -0.2) is 66.9 Å². The fourth-order valence-corrected chi connectivity index (χ4v) is 5.91. The Morgan fingerprint density at radius 3 is 2.97 bits per heavy atom. The molecule has 4 heterocycles. The van der Waals surface area contributed by atoms with Gasteiger partial charge < -0.3 is 21.0 Å². The predicted molar refractivity (Wildman–Crippen MR) is 130 cm³/mol. The number of aliphatic carboxylic acids is 1. The van der Waals surface area contributed by atoms with Crippen LogP contribution >= 0.6 is 35.1 Å². The van der Waals surface area contributed by atoms with E-state index in [1.165, 1.54) is 23.5 Å². The highest BCUT2D eigenvalue weighted by atomic mass is 32.2. The summed E-state index contributed by atoms with van der Waals surface area (Å²) in [7, 11) is 1.89. The van der Waals surface area contributed by atoms with Crippen molar-refractivity contribution in [2.24, 2.45) is 12.2 Å². The molecule has 36 heavy (non-hydrogen) atoms. The Labute approximate surface area is 216 Å². The summed E-state index contributed by atoms with van der Waals surface area (Å²) in [5.74, 6) is -2.64. The molecule has 0 radical (unpaired) electrons. The van der Waals surface area contributed by atoms with Gasteiger partial charge in [0.25, 0.3) is 18.7 Å². The number of allylic oxidation sites excluding steroid dienone is 1. The van der Waals surface area contributed by atoms with Gasteiger partial charge in [-0.1, -0.05) is 5.16 Å². The summed E-state index contributed by atoms with van der Waals surface area (Å²) < 4.78 is 18.2. The Morgan fingerprint density at radius 2 is 2.31 bits per heavy atom. The molecule has 0 aromatic carbocycles. The Hall–Kier alpha value is -3.50. The van der Waals surface area contributed by atoms with Crippen LogP contribution in [0.5, 0.6) is 0 Å². The number of amides is 2. The van der Waals surface area contributed by atoms with E-state index < -0.39 is 41.8 Å². The first-order valence-electron chi connectivity index (χ1n) is 10.2. The molecule has 2 atom stereocenters. The number of fused-ring (bicyclic) bond motifs is 1. The molecule has 2 aliphatic heterocycles. The maximum absolute atomic E-state index is 12.9. The van der Waals surface area contributed by atoms with Crippen LogP contribution < -0.4 is 15.6 Å². The number of β-lactam (4-membered cyclic amide) rings is 1. The summed E-state index contributed by atoms with van der Waals surface area (Å²) in [6.07, 6.45) is 3.56. The predicted octanol–water partition coefficient (Wildman–Crippen LogP) is 0.637. The number of thioether (sulfide) groups is 2. The second kappa shape index (κ2) is 11.0. The van der Waals surface area contributed by atoms with Crippen molar-refractivity contribution in [3.8, 4) is 0 Å². The smallest absolute Gasteiger partial charge is 0.352 e. The van der Waals surface area contributed by atoms with Gasteiger partial charge in [0, 0.05) is 29.4 Å². The van der Waals surface area contributed by atoms with Crippen LogP contribution in [0.3, 0.4) is 0 Å². The number of aromatic nitrogens is 3. The summed E-state index contributed by atoms with van der Waals surface area (Å²) in [6.45, 7) is -1.30. The van der Waals surface area contributed by atoms with E-state index in [2.05, 4.69) is 24.7 Å². The Morgan fingerprint density at radius 1 is 1.50 bits per heavy atom. The van der Waals surface area contributed by atoms with Crippen molar-refractivity contribution in [2.45, 2.75) is 16.4 Å². The number of aryl methyl sites for hydroxylation is 1. The zero-order valence-corrected chi connectivity index (χ0v) is 21.0. The van der Waals surface area contributed by atoms with E-state index in [4.69, 9.17) is 5.73 Å². The molecular formula is C20H19FN7O5S3+. The molecule has 188 valence electrons. The first kappa shape index (κ1) is 25.6. The SMILES string of the molecule is C[n+]1ccccc1S/C=C/C1=C(C(=O)O)N2C(=O)[C@@H](NC(=O)/C(=N\OCF)c3nsc(N)n3)[C@H]2SC1. The number of nitrogens with zero attached hydrogens (tertiary/aromatic N) is 5. The minimum absolute atomic E-state index is 0.0514. The Bertz CT molecular complexity index is 1300. The fourth-order valence-electron chi connectivity index (χ4n) is 3.40. The summed E-state index contributed by atoms with van der Waals surface area (Å²) in [5, 5.41) is 17.8. The molecule has 2 aliphatic rings. The standard InChI is InChI=1S/C20H18FN7O5S3/c1-27-6-3-2-4-11(27)34-7-5-10-8-35-18-13(17(30)28(18)14(10)19(31)32)23-16(29)12(25-33-9-21)15-24-20(22)36-26-15/h2-7,13,18H,8-9H2,1H3,(H3-,22,23,24,26,29,31,32)/p+1/b7-5+,25-12-/t13-,18-/m1/s1. The highest BCUT2D eigenvalue weighted by molar-refractivity contribution is 8.02. The molecule has 1 fully saturated rings. The molecule has 4 N–H and O–H groups in total. The molecule has 12 nitrogen and oxygen atoms in total. The number of anilines is 1. The lowest BCUT2D eigenvalue weighted by Crippen LogP contribution is -2.71. The average molecular weight is 553 g/mol. The van der Waals surface area contributed by atoms with Crippen LogP contribution in [0.1, 0.15) is 5.82 Å². The Kier molecular flexibility index (Phi) is 7.85. The van der Waals surface area contributed by atoms with Gasteiger partial charge in [0.15, 0.2) is 11.3 Å². The molecule has 0 aliphatic carbocycles. The monoisotopic (exact) mass is 552 g/mol. The van der Waals surface area contributed by atoms with Gasteiger partial charge in [0.2, 0.25) is 16.6 Å². The number of pyridine rings is 1. The molecule has 1 saturated heterocycles. The van der Waals surface area contributed by atoms with Gasteiger partial charge in [-0.25, -0.2) is 9.18 Å². The molecule has 2 amide bonds. The average Bonchev–Trinajstić information content (AvgIpc) is 3.29. The van der Waals surface area contributed by atoms with E-state index in [-0.39, 0.29) is 16.7 Å². The highest BCUT2D eigenvalue weighted by Crippen LogP contribution is 2.41. The summed E-state index contributed by atoms with van der Waals surface area (Å²) >= 11 is 3.50. The summed E-state index contributed by atoms with van der Waals surface area (Å²) in [4.78, 5) is 47.0. The van der Waals surface area contributed by atoms with Gasteiger partial charge in [-0.3, -0.25) is 14.5 Å². The number of hydrogen-bond acceptors (Lipinski definition) is 11. The van der Waals surface area contributed by atoms with Crippen LogP contribution in [0.25, 0.3) is 0 Å². The van der Waals surface area contributed by atoms with Crippen LogP contribution in [-0.2, 0) is 26.3 Å². The number of nitrogens with two attached hydrogens (primary N) is 1. The van der Waals surface area contributed by atoms with E-state index in [0.717, 1.165) is 21.5 Å². The first-order valence-corrected chi connectivity index (χ1v) is 12.9. The van der Waals surface area contributed by atoms with Gasteiger partial charge in [0.1, 0.15) is 24.2 Å². The second-order valence-corrected chi connectivity index (χ2v) is 10.1. The molecule has 0 bridgehead atoms. The van der Waals surface area contributed by atoms with Gasteiger partial charge >= 0.3 is 5.97 Å². The van der Waals surface area contributed by atoms with E-state index >= 15 is 0 Å². The Balaban J connectivity index is 1.50. The molecule has 0 spiro atoms. The fraction of sp³-hybridized carbons (Fsp3) is 0.250. The van der Waals surface area contributed by atoms with Crippen LogP contribution in [0, 0.1) is 0 Å². The number of nitrogen functional groups attached to an aromatic ring is 1. The van der Waals surface area contributed by atoms with E-state index in [0.29, 0.717) is 11.3 Å². The number of halogens is 1. The second-order valence-electron chi connectivity index (χ2n) is 7.24. The zero-order valence-electron chi connectivity index (χ0n) is 18.5. The van der Waals surface area contributed by atoms with Crippen molar-refractivity contribution in [1.29, 1.82) is 0 Å². The van der Waals surface area contributed by atoms with E-state index in [1.807, 2.05) is 36.0 Å². The molecule has 4 rings (SSSR count). The van der Waals surface area contributed by atoms with E-state index in [9.17, 15) is 23.9 Å². The van der Waals surface area contributed by atoms with Crippen molar-refractivity contribution in [3.63, 3.8) is 0 Å². The lowest BCUT2D eigenvalue weighted by Gasteiger charge is -2.49. The third kappa shape index (κ3) is 5.19. The quantitative estimate of drug-likeness (QED) is 0.132. The van der Waals surface area contributed by atoms with E-state index in [1.54, 1.807) is 11.5 Å². The maximum Gasteiger partial charge on any atom is 0.352 e. The molecular weight excluding hydrogens is 533 g/mol. The first-order chi connectivity index (χ1) is 17.3. The molecule has 0 saturated carbocycles. The minimum atomic E-state index is -1.30. The number of nitrogens with one attached hydrogen (secondary N) is 1. The van der Waals surface area contributed by atoms with Crippen molar-refractivity contribution < 1.29 is 33.3 Å². The number of carboxylic acid groups (broad SMARTS) is 1. The number of alkyl halides is 1. The number of carbonyl (C=O) groups excluding carboxylic acids is 2. The third-order valence-corrected chi connectivity index (χ3v) is 7.81. The van der Waals surface area contributed by atoms with Crippen LogP contribution in [0.15, 0.2) is 57.3 Å². The molecule has 2 aromatic heterocycles. The van der Waals surface area contributed by atoms with Gasteiger partial charge in [-0.15, -0.1) is 11.8 Å². The number of carbonyl (C=O) groups is 3. The largest absolute Gasteiger partial charge is 0.477 e. The normalized spacial score (nSPS) is 19.8. The third-order valence-electron chi connectivity index (χ3n) is 5.03. The highest BCUT2D eigenvalue weighted by Gasteiger charge is 2.54. The summed E-state index contributed by atoms with van der Waals surface area (Å²) in [6, 6.07) is 4.68. The number of rotatable bonds is 9. The van der Waals surface area contributed by atoms with Crippen LogP contribution in [0.2, 0.25) is 0 Å². The van der Waals surface area contributed by atoms with Crippen molar-refractivity contribution in [1.82, 2.24) is 19.6 Å². The van der Waals surface area contributed by atoms with Crippen molar-refractivity contribution in [2.75, 3.05) is 18.3 Å².